The van der Waals surface area contributed by atoms with E-state index in [0.717, 1.165) is 7.11 Å². The summed E-state index contributed by atoms with van der Waals surface area (Å²) in [7, 11) is 1.15. The molecule has 0 radical (unpaired) electrons. The topological polar surface area (TPSA) is 85.9 Å². The van der Waals surface area contributed by atoms with Crippen molar-refractivity contribution in [2.45, 2.75) is 6.92 Å². The van der Waals surface area contributed by atoms with E-state index in [1.165, 1.54) is 0 Å². The Kier molecular flexibility index (Phi) is 4.75. The van der Waals surface area contributed by atoms with Crippen LogP contribution in [0.2, 0.25) is 0 Å². The first kappa shape index (κ1) is 11.0. The summed E-state index contributed by atoms with van der Waals surface area (Å²) in [6.07, 6.45) is 0. The lowest BCUT2D eigenvalue weighted by molar-refractivity contribution is -0.135. The summed E-state index contributed by atoms with van der Waals surface area (Å²) in [6, 6.07) is 3.32. The highest BCUT2D eigenvalue weighted by atomic mass is 16.5. The van der Waals surface area contributed by atoms with Crippen LogP contribution in [0, 0.1) is 22.7 Å². The lowest BCUT2D eigenvalue weighted by Gasteiger charge is -2.01. The zero-order chi connectivity index (χ0) is 10.3. The van der Waals surface area contributed by atoms with Crippen LogP contribution < -0.4 is 5.32 Å². The molecule has 0 aliphatic rings. The third-order valence-corrected chi connectivity index (χ3v) is 1.22. The van der Waals surface area contributed by atoms with Gasteiger partial charge in [-0.1, -0.05) is 0 Å². The number of nitriles is 2. The molecule has 0 heterocycles. The maximum Gasteiger partial charge on any atom is 0.351 e. The average Bonchev–Trinajstić information content (AvgIpc) is 2.17. The predicted molar refractivity (Wildman–Crippen MR) is 43.9 cm³/mol. The second-order valence-electron chi connectivity index (χ2n) is 2.00. The Morgan fingerprint density at radius 2 is 2.08 bits per heavy atom. The fourth-order valence-electron chi connectivity index (χ4n) is 0.666. The molecule has 0 aliphatic carbocycles. The molecule has 0 saturated carbocycles. The average molecular weight is 179 g/mol. The predicted octanol–water partition coefficient (Wildman–Crippen LogP) is 0.0702. The minimum Gasteiger partial charge on any atom is -0.465 e. The second kappa shape index (κ2) is 5.62. The highest BCUT2D eigenvalue weighted by molar-refractivity contribution is 5.94. The van der Waals surface area contributed by atoms with Crippen LogP contribution in [0.25, 0.3) is 0 Å². The van der Waals surface area contributed by atoms with Gasteiger partial charge in [0.1, 0.15) is 17.8 Å². The lowest BCUT2D eigenvalue weighted by Crippen LogP contribution is -2.17. The number of hydrogen-bond donors (Lipinski definition) is 1. The van der Waals surface area contributed by atoms with E-state index in [2.05, 4.69) is 10.1 Å². The van der Waals surface area contributed by atoms with Crippen LogP contribution in [0.3, 0.4) is 0 Å². The van der Waals surface area contributed by atoms with Gasteiger partial charge in [0.05, 0.1) is 7.11 Å². The number of allylic oxidation sites excluding steroid dienone is 1. The smallest absolute Gasteiger partial charge is 0.351 e. The normalized spacial score (nSPS) is 10.5. The molecule has 13 heavy (non-hydrogen) atoms. The highest BCUT2D eigenvalue weighted by Gasteiger charge is 2.14. The molecule has 0 saturated heterocycles. The first-order valence-electron chi connectivity index (χ1n) is 3.57. The first-order chi connectivity index (χ1) is 6.21. The zero-order valence-corrected chi connectivity index (χ0v) is 7.42. The number of methoxy groups -OCH3 is 1. The van der Waals surface area contributed by atoms with Crippen LogP contribution in [0.1, 0.15) is 6.92 Å². The van der Waals surface area contributed by atoms with Gasteiger partial charge in [-0.25, -0.2) is 4.79 Å². The lowest BCUT2D eigenvalue weighted by atomic mass is 10.2. The third-order valence-electron chi connectivity index (χ3n) is 1.22. The van der Waals surface area contributed by atoms with Crippen molar-refractivity contribution < 1.29 is 9.53 Å². The summed E-state index contributed by atoms with van der Waals surface area (Å²) < 4.78 is 4.32. The molecule has 0 aromatic carbocycles. The third kappa shape index (κ3) is 2.84. The maximum atomic E-state index is 10.9. The monoisotopic (exact) mass is 179 g/mol. The van der Waals surface area contributed by atoms with Gasteiger partial charge >= 0.3 is 5.97 Å². The minimum absolute atomic E-state index is 0.0585. The molecule has 0 unspecified atom stereocenters. The summed E-state index contributed by atoms with van der Waals surface area (Å²) in [5.74, 6) is -0.806. The van der Waals surface area contributed by atoms with E-state index in [4.69, 9.17) is 10.5 Å². The van der Waals surface area contributed by atoms with Gasteiger partial charge < -0.3 is 10.1 Å². The van der Waals surface area contributed by atoms with Crippen molar-refractivity contribution >= 4 is 5.97 Å². The maximum absolute atomic E-state index is 10.9. The Morgan fingerprint density at radius 3 is 2.38 bits per heavy atom. The molecule has 0 aliphatic heterocycles. The number of nitrogens with zero attached hydrogens (tertiary/aromatic N) is 2. The second-order valence-corrected chi connectivity index (χ2v) is 2.00. The van der Waals surface area contributed by atoms with Crippen molar-refractivity contribution in [3.8, 4) is 12.1 Å². The van der Waals surface area contributed by atoms with Crippen molar-refractivity contribution in [2.75, 3.05) is 13.7 Å². The summed E-state index contributed by atoms with van der Waals surface area (Å²) in [4.78, 5) is 10.9. The SMILES string of the molecule is CCN/C(C#N)=C(\C#N)C(=O)OC. The van der Waals surface area contributed by atoms with Crippen LogP contribution in [0.15, 0.2) is 11.3 Å². The van der Waals surface area contributed by atoms with Crippen molar-refractivity contribution in [2.24, 2.45) is 0 Å². The quantitative estimate of drug-likeness (QED) is 0.376. The van der Waals surface area contributed by atoms with Gasteiger partial charge in [0.25, 0.3) is 0 Å². The molecule has 0 fully saturated rings. The van der Waals surface area contributed by atoms with Crippen molar-refractivity contribution in [1.29, 1.82) is 10.5 Å². The van der Waals surface area contributed by atoms with Crippen LogP contribution in [-0.4, -0.2) is 19.6 Å². The Balaban J connectivity index is 4.99. The van der Waals surface area contributed by atoms with Crippen LogP contribution in [0.5, 0.6) is 0 Å². The van der Waals surface area contributed by atoms with Gasteiger partial charge in [-0.15, -0.1) is 0 Å². The van der Waals surface area contributed by atoms with Crippen molar-refractivity contribution in [1.82, 2.24) is 5.32 Å². The van der Waals surface area contributed by atoms with Gasteiger partial charge in [0.2, 0.25) is 0 Å². The number of hydrogen-bond acceptors (Lipinski definition) is 5. The molecular weight excluding hydrogens is 170 g/mol. The van der Waals surface area contributed by atoms with Gasteiger partial charge in [-0.3, -0.25) is 0 Å². The Bertz CT molecular complexity index is 306. The Hall–Kier alpha value is -2.01. The summed E-state index contributed by atoms with van der Waals surface area (Å²) in [5.41, 5.74) is -0.358. The molecule has 0 rings (SSSR count). The Labute approximate surface area is 76.2 Å². The number of esters is 1. The first-order valence-corrected chi connectivity index (χ1v) is 3.57. The highest BCUT2D eigenvalue weighted by Crippen LogP contribution is 2.01. The van der Waals surface area contributed by atoms with E-state index < -0.39 is 5.97 Å². The van der Waals surface area contributed by atoms with Crippen molar-refractivity contribution in [3.05, 3.63) is 11.3 Å². The summed E-state index contributed by atoms with van der Waals surface area (Å²) in [5, 5.41) is 19.7. The number of nitrogens with one attached hydrogen (secondary N) is 1. The fourth-order valence-corrected chi connectivity index (χ4v) is 0.666. The van der Waals surface area contributed by atoms with Gasteiger partial charge in [-0.2, -0.15) is 10.5 Å². The van der Waals surface area contributed by atoms with Gasteiger partial charge in [0.15, 0.2) is 5.57 Å². The minimum atomic E-state index is -0.806. The molecule has 68 valence electrons. The molecule has 0 bridgehead atoms. The van der Waals surface area contributed by atoms with E-state index in [0.29, 0.717) is 6.54 Å². The molecule has 0 atom stereocenters. The summed E-state index contributed by atoms with van der Waals surface area (Å²) >= 11 is 0. The molecule has 0 aromatic heterocycles. The fraction of sp³-hybridized carbons (Fsp3) is 0.375. The largest absolute Gasteiger partial charge is 0.465 e. The van der Waals surface area contributed by atoms with E-state index in [1.54, 1.807) is 19.1 Å². The van der Waals surface area contributed by atoms with Gasteiger partial charge in [-0.05, 0) is 6.92 Å². The van der Waals surface area contributed by atoms with E-state index in [1.807, 2.05) is 0 Å². The molecule has 0 aromatic rings. The van der Waals surface area contributed by atoms with E-state index >= 15 is 0 Å². The molecule has 5 heteroatoms. The standard InChI is InChI=1S/C8H9N3O2/c1-3-11-7(5-10)6(4-9)8(12)13-2/h11H,3H2,1-2H3/b7-6+. The van der Waals surface area contributed by atoms with E-state index in [-0.39, 0.29) is 11.3 Å². The molecule has 0 amide bonds. The van der Waals surface area contributed by atoms with Crippen molar-refractivity contribution in [3.63, 3.8) is 0 Å². The van der Waals surface area contributed by atoms with Crippen LogP contribution >= 0.6 is 0 Å². The van der Waals surface area contributed by atoms with Gasteiger partial charge in [0, 0.05) is 6.54 Å². The summed E-state index contributed by atoms with van der Waals surface area (Å²) in [6.45, 7) is 2.22. The number of carbonyl (C=O) groups is 1. The number of carbonyl (C=O) groups excluding carboxylic acids is 1. The van der Waals surface area contributed by atoms with Crippen LogP contribution in [-0.2, 0) is 9.53 Å². The van der Waals surface area contributed by atoms with E-state index in [9.17, 15) is 4.79 Å². The molecule has 1 N–H and O–H groups in total. The number of ether oxygens (including phenoxy) is 1. The molecule has 0 spiro atoms. The van der Waals surface area contributed by atoms with Crippen LogP contribution in [0.4, 0.5) is 0 Å². The molecular formula is C8H9N3O2. The molecule has 5 nitrogen and oxygen atoms in total. The number of rotatable bonds is 3. The zero-order valence-electron chi connectivity index (χ0n) is 7.42. The Morgan fingerprint density at radius 1 is 1.46 bits per heavy atom.